The topological polar surface area (TPSA) is 82.9 Å². The molecule has 1 aromatic carbocycles. The van der Waals surface area contributed by atoms with Crippen molar-refractivity contribution >= 4 is 10.9 Å². The first kappa shape index (κ1) is 20.3. The van der Waals surface area contributed by atoms with E-state index >= 15 is 0 Å². The Bertz CT molecular complexity index is 1110. The van der Waals surface area contributed by atoms with E-state index in [0.717, 1.165) is 61.3 Å². The van der Waals surface area contributed by atoms with Crippen LogP contribution in [-0.4, -0.2) is 68.2 Å². The number of benzene rings is 1. The maximum atomic E-state index is 13.3. The highest BCUT2D eigenvalue weighted by molar-refractivity contribution is 5.79. The first-order valence-electron chi connectivity index (χ1n) is 11.4. The number of hydrogen-bond acceptors (Lipinski definition) is 6. The highest BCUT2D eigenvalue weighted by Gasteiger charge is 2.34. The summed E-state index contributed by atoms with van der Waals surface area (Å²) >= 11 is 0. The fourth-order valence-electron chi connectivity index (χ4n) is 5.09. The molecule has 2 aromatic heterocycles. The molecular weight excluding hydrogens is 390 g/mol. The van der Waals surface area contributed by atoms with Crippen LogP contribution in [0.15, 0.2) is 29.1 Å². The van der Waals surface area contributed by atoms with Crippen LogP contribution in [0.1, 0.15) is 61.1 Å². The zero-order chi connectivity index (χ0) is 21.4. The van der Waals surface area contributed by atoms with Crippen LogP contribution < -0.4 is 5.56 Å². The van der Waals surface area contributed by atoms with Crippen molar-refractivity contribution in [3.63, 3.8) is 0 Å². The Morgan fingerprint density at radius 3 is 2.61 bits per heavy atom. The molecule has 3 aromatic rings. The predicted octanol–water partition coefficient (Wildman–Crippen LogP) is 2.67. The Morgan fingerprint density at radius 1 is 1.06 bits per heavy atom. The number of fused-ring (bicyclic) bond motifs is 1. The van der Waals surface area contributed by atoms with Gasteiger partial charge in [-0.2, -0.15) is 0 Å². The van der Waals surface area contributed by atoms with Gasteiger partial charge in [-0.3, -0.25) is 9.69 Å². The standard InChI is InChI=1S/C23H31N7O/c1-16-8-9-20-17(14-16)15-19(23(31)24-20)21(29-12-10-28(2)11-13-29)22-25-26-27-30(22)18-6-4-3-5-7-18/h8-9,14-15,18,21H,3-7,10-13H2,1-2H3,(H,24,31). The normalized spacial score (nSPS) is 20.3. The molecule has 1 aliphatic carbocycles. The van der Waals surface area contributed by atoms with Gasteiger partial charge in [0.1, 0.15) is 6.04 Å². The summed E-state index contributed by atoms with van der Waals surface area (Å²) < 4.78 is 2.02. The highest BCUT2D eigenvalue weighted by Crippen LogP contribution is 2.33. The van der Waals surface area contributed by atoms with Crippen molar-refractivity contribution in [2.75, 3.05) is 33.2 Å². The Hall–Kier alpha value is -2.58. The molecule has 2 fully saturated rings. The molecule has 2 aliphatic rings. The van der Waals surface area contributed by atoms with Crippen LogP contribution in [0.25, 0.3) is 10.9 Å². The minimum absolute atomic E-state index is 0.0570. The number of tetrazole rings is 1. The van der Waals surface area contributed by atoms with Crippen molar-refractivity contribution in [3.8, 4) is 0 Å². The molecule has 1 aliphatic heterocycles. The molecule has 1 saturated heterocycles. The lowest BCUT2D eigenvalue weighted by Crippen LogP contribution is -2.47. The largest absolute Gasteiger partial charge is 0.322 e. The van der Waals surface area contributed by atoms with Crippen molar-refractivity contribution in [2.45, 2.75) is 51.1 Å². The molecule has 1 saturated carbocycles. The molecule has 3 heterocycles. The monoisotopic (exact) mass is 421 g/mol. The predicted molar refractivity (Wildman–Crippen MR) is 120 cm³/mol. The van der Waals surface area contributed by atoms with Gasteiger partial charge in [0, 0.05) is 37.3 Å². The third-order valence-corrected chi connectivity index (χ3v) is 6.91. The van der Waals surface area contributed by atoms with Gasteiger partial charge in [-0.15, -0.1) is 5.10 Å². The average Bonchev–Trinajstić information content (AvgIpc) is 3.26. The van der Waals surface area contributed by atoms with E-state index in [0.29, 0.717) is 6.04 Å². The lowest BCUT2D eigenvalue weighted by Gasteiger charge is -2.37. The van der Waals surface area contributed by atoms with Gasteiger partial charge in [0.2, 0.25) is 0 Å². The number of pyridine rings is 1. The van der Waals surface area contributed by atoms with Gasteiger partial charge in [0.15, 0.2) is 5.82 Å². The van der Waals surface area contributed by atoms with E-state index in [1.165, 1.54) is 24.8 Å². The number of nitrogens with zero attached hydrogens (tertiary/aromatic N) is 6. The maximum absolute atomic E-state index is 13.3. The number of aryl methyl sites for hydroxylation is 1. The lowest BCUT2D eigenvalue weighted by molar-refractivity contribution is 0.119. The van der Waals surface area contributed by atoms with Crippen molar-refractivity contribution in [1.82, 2.24) is 35.0 Å². The molecule has 0 spiro atoms. The first-order chi connectivity index (χ1) is 15.1. The van der Waals surface area contributed by atoms with Crippen LogP contribution in [0.3, 0.4) is 0 Å². The summed E-state index contributed by atoms with van der Waals surface area (Å²) in [6, 6.07) is 8.24. The van der Waals surface area contributed by atoms with E-state index in [9.17, 15) is 4.79 Å². The van der Waals surface area contributed by atoms with Crippen LogP contribution >= 0.6 is 0 Å². The molecule has 0 amide bonds. The summed E-state index contributed by atoms with van der Waals surface area (Å²) in [4.78, 5) is 21.1. The van der Waals surface area contributed by atoms with Crippen LogP contribution in [-0.2, 0) is 0 Å². The number of rotatable bonds is 4. The molecule has 8 heteroatoms. The summed E-state index contributed by atoms with van der Waals surface area (Å²) in [6.45, 7) is 5.76. The molecule has 1 atom stereocenters. The second-order valence-electron chi connectivity index (χ2n) is 9.16. The maximum Gasteiger partial charge on any atom is 0.253 e. The van der Waals surface area contributed by atoms with E-state index in [1.807, 2.05) is 22.9 Å². The van der Waals surface area contributed by atoms with E-state index in [-0.39, 0.29) is 11.6 Å². The van der Waals surface area contributed by atoms with Gasteiger partial charge < -0.3 is 9.88 Å². The molecular formula is C23H31N7O. The third-order valence-electron chi connectivity index (χ3n) is 6.91. The lowest BCUT2D eigenvalue weighted by atomic mass is 9.95. The molecule has 5 rings (SSSR count). The zero-order valence-corrected chi connectivity index (χ0v) is 18.4. The number of likely N-dealkylation sites (N-methyl/N-ethyl adjacent to an activating group) is 1. The second-order valence-corrected chi connectivity index (χ2v) is 9.16. The Morgan fingerprint density at radius 2 is 1.84 bits per heavy atom. The molecule has 1 unspecified atom stereocenters. The van der Waals surface area contributed by atoms with Gasteiger partial charge in [-0.1, -0.05) is 30.9 Å². The molecule has 8 nitrogen and oxygen atoms in total. The van der Waals surface area contributed by atoms with Crippen molar-refractivity contribution in [3.05, 3.63) is 51.6 Å². The summed E-state index contributed by atoms with van der Waals surface area (Å²) in [7, 11) is 2.14. The van der Waals surface area contributed by atoms with Crippen LogP contribution in [0.5, 0.6) is 0 Å². The molecule has 31 heavy (non-hydrogen) atoms. The summed E-state index contributed by atoms with van der Waals surface area (Å²) in [5.41, 5.74) is 2.71. The summed E-state index contributed by atoms with van der Waals surface area (Å²) in [6.07, 6.45) is 5.89. The SMILES string of the molecule is Cc1ccc2[nH]c(=O)c(C(c3nnnn3C3CCCCC3)N3CCN(C)CC3)cc2c1. The van der Waals surface area contributed by atoms with Crippen molar-refractivity contribution in [2.24, 2.45) is 0 Å². The molecule has 1 N–H and O–H groups in total. The summed E-state index contributed by atoms with van der Waals surface area (Å²) in [5.74, 6) is 0.800. The zero-order valence-electron chi connectivity index (χ0n) is 18.4. The van der Waals surface area contributed by atoms with E-state index in [1.54, 1.807) is 0 Å². The molecule has 0 radical (unpaired) electrons. The minimum Gasteiger partial charge on any atom is -0.322 e. The average molecular weight is 422 g/mol. The third kappa shape index (κ3) is 4.02. The van der Waals surface area contributed by atoms with Crippen LogP contribution in [0.4, 0.5) is 0 Å². The van der Waals surface area contributed by atoms with E-state index < -0.39 is 0 Å². The number of aromatic amines is 1. The second kappa shape index (κ2) is 8.51. The van der Waals surface area contributed by atoms with Crippen LogP contribution in [0, 0.1) is 6.92 Å². The van der Waals surface area contributed by atoms with Crippen LogP contribution in [0.2, 0.25) is 0 Å². The fourth-order valence-corrected chi connectivity index (χ4v) is 5.09. The Kier molecular flexibility index (Phi) is 5.58. The fraction of sp³-hybridized carbons (Fsp3) is 0.565. The molecule has 0 bridgehead atoms. The van der Waals surface area contributed by atoms with Crippen molar-refractivity contribution < 1.29 is 0 Å². The van der Waals surface area contributed by atoms with E-state index in [2.05, 4.69) is 50.3 Å². The number of aromatic nitrogens is 5. The van der Waals surface area contributed by atoms with E-state index in [4.69, 9.17) is 0 Å². The number of piperazine rings is 1. The highest BCUT2D eigenvalue weighted by atomic mass is 16.1. The Balaban J connectivity index is 1.62. The Labute approximate surface area is 182 Å². The summed E-state index contributed by atoms with van der Waals surface area (Å²) in [5, 5.41) is 14.0. The van der Waals surface area contributed by atoms with Gasteiger partial charge in [0.25, 0.3) is 5.56 Å². The molecule has 164 valence electrons. The minimum atomic E-state index is -0.251. The van der Waals surface area contributed by atoms with Gasteiger partial charge in [0.05, 0.1) is 6.04 Å². The first-order valence-corrected chi connectivity index (χ1v) is 11.4. The van der Waals surface area contributed by atoms with Crippen molar-refractivity contribution in [1.29, 1.82) is 0 Å². The van der Waals surface area contributed by atoms with Gasteiger partial charge in [-0.05, 0) is 60.8 Å². The number of H-pyrrole nitrogens is 1. The smallest absolute Gasteiger partial charge is 0.253 e. The van der Waals surface area contributed by atoms with Gasteiger partial charge >= 0.3 is 0 Å². The number of hydrogen-bond donors (Lipinski definition) is 1. The quantitative estimate of drug-likeness (QED) is 0.697. The number of nitrogens with one attached hydrogen (secondary N) is 1. The van der Waals surface area contributed by atoms with Gasteiger partial charge in [-0.25, -0.2) is 4.68 Å².